The van der Waals surface area contributed by atoms with Crippen LogP contribution in [0.5, 0.6) is 0 Å². The molecule has 0 radical (unpaired) electrons. The predicted molar refractivity (Wildman–Crippen MR) is 90.8 cm³/mol. The summed E-state index contributed by atoms with van der Waals surface area (Å²) < 4.78 is 39.8. The van der Waals surface area contributed by atoms with Crippen LogP contribution >= 0.6 is 0 Å². The van der Waals surface area contributed by atoms with Crippen LogP contribution in [0.1, 0.15) is 30.3 Å². The van der Waals surface area contributed by atoms with Crippen LogP contribution in [-0.4, -0.2) is 63.0 Å². The molecule has 1 aromatic heterocycles. The Kier molecular flexibility index (Phi) is 5.31. The average molecular weight is 357 g/mol. The zero-order chi connectivity index (χ0) is 17.3. The van der Waals surface area contributed by atoms with Crippen molar-refractivity contribution in [3.8, 4) is 0 Å². The van der Waals surface area contributed by atoms with Crippen LogP contribution in [-0.2, 0) is 14.9 Å². The first-order valence-corrected chi connectivity index (χ1v) is 9.87. The van der Waals surface area contributed by atoms with Gasteiger partial charge in [0.1, 0.15) is 11.5 Å². The normalized spacial score (nSPS) is 27.8. The summed E-state index contributed by atoms with van der Waals surface area (Å²) in [7, 11) is -1.78. The van der Waals surface area contributed by atoms with Gasteiger partial charge in [0.2, 0.25) is 0 Å². The summed E-state index contributed by atoms with van der Waals surface area (Å²) >= 11 is 0. The van der Waals surface area contributed by atoms with E-state index in [1.807, 2.05) is 19.1 Å². The van der Waals surface area contributed by atoms with Crippen LogP contribution in [0.4, 0.5) is 0 Å². The number of hydrogen-bond acceptors (Lipinski definition) is 5. The molecule has 2 aliphatic heterocycles. The quantitative estimate of drug-likeness (QED) is 0.846. The Morgan fingerprint density at radius 2 is 1.96 bits per heavy atom. The summed E-state index contributed by atoms with van der Waals surface area (Å²) in [6.07, 6.45) is 1.68. The summed E-state index contributed by atoms with van der Waals surface area (Å²) in [5.41, 5.74) is 6.20. The lowest BCUT2D eigenvalue weighted by atomic mass is 9.99. The number of furan rings is 1. The molecule has 2 aliphatic rings. The van der Waals surface area contributed by atoms with Crippen molar-refractivity contribution in [2.24, 2.45) is 11.7 Å². The number of hydrogen-bond donors (Lipinski definition) is 1. The minimum atomic E-state index is -3.46. The molecule has 1 aromatic rings. The monoisotopic (exact) mass is 357 g/mol. The first-order chi connectivity index (χ1) is 11.4. The molecule has 136 valence electrons. The van der Waals surface area contributed by atoms with Crippen LogP contribution in [0.25, 0.3) is 0 Å². The molecule has 2 atom stereocenters. The van der Waals surface area contributed by atoms with Gasteiger partial charge < -0.3 is 14.9 Å². The Balaban J connectivity index is 1.66. The fourth-order valence-electron chi connectivity index (χ4n) is 3.64. The second-order valence-electron chi connectivity index (χ2n) is 6.84. The maximum absolute atomic E-state index is 12.9. The summed E-state index contributed by atoms with van der Waals surface area (Å²) in [6.45, 7) is 4.39. The van der Waals surface area contributed by atoms with Crippen LogP contribution in [0, 0.1) is 12.8 Å². The Labute approximate surface area is 143 Å². The molecule has 2 saturated heterocycles. The third-order valence-corrected chi connectivity index (χ3v) is 7.06. The van der Waals surface area contributed by atoms with E-state index in [4.69, 9.17) is 14.9 Å². The highest BCUT2D eigenvalue weighted by molar-refractivity contribution is 7.86. The lowest BCUT2D eigenvalue weighted by molar-refractivity contribution is 0.120. The fraction of sp³-hybridized carbons (Fsp3) is 0.750. The van der Waals surface area contributed by atoms with Gasteiger partial charge in [-0.05, 0) is 37.8 Å². The highest BCUT2D eigenvalue weighted by atomic mass is 32.2. The number of ether oxygens (including phenoxy) is 1. The molecule has 0 spiro atoms. The minimum absolute atomic E-state index is 0.0838. The zero-order valence-electron chi connectivity index (χ0n) is 14.3. The van der Waals surface area contributed by atoms with Crippen molar-refractivity contribution in [1.29, 1.82) is 0 Å². The Hall–Kier alpha value is -0.930. The van der Waals surface area contributed by atoms with Crippen LogP contribution in [0.3, 0.4) is 0 Å². The van der Waals surface area contributed by atoms with Gasteiger partial charge in [-0.3, -0.25) is 0 Å². The maximum atomic E-state index is 12.9. The first-order valence-electron chi connectivity index (χ1n) is 8.48. The summed E-state index contributed by atoms with van der Waals surface area (Å²) in [5.74, 6) is 1.95. The SMILES string of the molecule is COCC1CCN(S(=O)(=O)N2C[C@H](c3ccc(C)o3)[C@@H](N)C2)CC1. The molecule has 2 fully saturated rings. The number of methoxy groups -OCH3 is 1. The molecule has 0 aromatic carbocycles. The summed E-state index contributed by atoms with van der Waals surface area (Å²) in [6, 6.07) is 3.54. The molecule has 3 heterocycles. The van der Waals surface area contributed by atoms with Crippen LogP contribution in [0.2, 0.25) is 0 Å². The lowest BCUT2D eigenvalue weighted by Crippen LogP contribution is -2.47. The molecule has 7 nitrogen and oxygen atoms in total. The van der Waals surface area contributed by atoms with Crippen LogP contribution < -0.4 is 5.73 Å². The van der Waals surface area contributed by atoms with Gasteiger partial charge in [0, 0.05) is 51.9 Å². The molecule has 0 unspecified atom stereocenters. The fourth-order valence-corrected chi connectivity index (χ4v) is 5.35. The highest BCUT2D eigenvalue weighted by Crippen LogP contribution is 2.31. The molecule has 0 bridgehead atoms. The number of nitrogens with two attached hydrogens (primary N) is 1. The Bertz CT molecular complexity index is 652. The Morgan fingerprint density at radius 1 is 1.25 bits per heavy atom. The van der Waals surface area contributed by atoms with Gasteiger partial charge in [-0.15, -0.1) is 0 Å². The summed E-state index contributed by atoms with van der Waals surface area (Å²) in [4.78, 5) is 0. The van der Waals surface area contributed by atoms with E-state index in [9.17, 15) is 8.42 Å². The van der Waals surface area contributed by atoms with Crippen LogP contribution in [0.15, 0.2) is 16.5 Å². The number of piperidine rings is 1. The van der Waals surface area contributed by atoms with E-state index < -0.39 is 10.2 Å². The molecule has 8 heteroatoms. The van der Waals surface area contributed by atoms with Gasteiger partial charge in [-0.25, -0.2) is 0 Å². The zero-order valence-corrected chi connectivity index (χ0v) is 15.2. The predicted octanol–water partition coefficient (Wildman–Crippen LogP) is 0.918. The molecule has 0 saturated carbocycles. The van der Waals surface area contributed by atoms with E-state index in [1.165, 1.54) is 4.31 Å². The van der Waals surface area contributed by atoms with E-state index >= 15 is 0 Å². The third-order valence-electron chi connectivity index (χ3n) is 5.09. The summed E-state index contributed by atoms with van der Waals surface area (Å²) in [5, 5.41) is 0. The standard InChI is InChI=1S/C16H27N3O4S/c1-12-3-4-16(23-12)14-9-19(10-15(14)17)24(20,21)18-7-5-13(6-8-18)11-22-2/h3-4,13-15H,5-11,17H2,1-2H3/t14-,15-/m0/s1. The van der Waals surface area contributed by atoms with Gasteiger partial charge in [-0.2, -0.15) is 17.0 Å². The molecular weight excluding hydrogens is 330 g/mol. The van der Waals surface area contributed by atoms with Crippen molar-refractivity contribution in [2.75, 3.05) is 39.9 Å². The van der Waals surface area contributed by atoms with Crippen molar-refractivity contribution in [3.63, 3.8) is 0 Å². The van der Waals surface area contributed by atoms with Crippen molar-refractivity contribution in [2.45, 2.75) is 31.7 Å². The van der Waals surface area contributed by atoms with Gasteiger partial charge >= 0.3 is 0 Å². The topological polar surface area (TPSA) is 89.0 Å². The van der Waals surface area contributed by atoms with E-state index in [-0.39, 0.29) is 12.0 Å². The number of aryl methyl sites for hydroxylation is 1. The largest absolute Gasteiger partial charge is 0.466 e. The molecule has 0 amide bonds. The first kappa shape index (κ1) is 17.9. The third kappa shape index (κ3) is 3.52. The van der Waals surface area contributed by atoms with Gasteiger partial charge in [0.25, 0.3) is 10.2 Å². The lowest BCUT2D eigenvalue weighted by Gasteiger charge is -2.33. The van der Waals surface area contributed by atoms with Gasteiger partial charge in [0.15, 0.2) is 0 Å². The van der Waals surface area contributed by atoms with Crippen molar-refractivity contribution in [1.82, 2.24) is 8.61 Å². The van der Waals surface area contributed by atoms with E-state index in [0.717, 1.165) is 24.4 Å². The average Bonchev–Trinajstić information content (AvgIpc) is 3.14. The second kappa shape index (κ2) is 7.13. The highest BCUT2D eigenvalue weighted by Gasteiger charge is 2.42. The number of rotatable bonds is 5. The van der Waals surface area contributed by atoms with E-state index in [0.29, 0.717) is 38.7 Å². The second-order valence-corrected chi connectivity index (χ2v) is 8.77. The van der Waals surface area contributed by atoms with Gasteiger partial charge in [-0.1, -0.05) is 0 Å². The maximum Gasteiger partial charge on any atom is 0.282 e. The molecule has 2 N–H and O–H groups in total. The molecular formula is C16H27N3O4S. The number of nitrogens with zero attached hydrogens (tertiary/aromatic N) is 2. The molecule has 24 heavy (non-hydrogen) atoms. The van der Waals surface area contributed by atoms with E-state index in [1.54, 1.807) is 11.4 Å². The van der Waals surface area contributed by atoms with Crippen molar-refractivity contribution < 1.29 is 17.6 Å². The Morgan fingerprint density at radius 3 is 2.54 bits per heavy atom. The smallest absolute Gasteiger partial charge is 0.282 e. The molecule has 3 rings (SSSR count). The minimum Gasteiger partial charge on any atom is -0.466 e. The molecule has 0 aliphatic carbocycles. The van der Waals surface area contributed by atoms with Crippen molar-refractivity contribution >= 4 is 10.2 Å². The van der Waals surface area contributed by atoms with E-state index in [2.05, 4.69) is 0 Å². The van der Waals surface area contributed by atoms with Gasteiger partial charge in [0.05, 0.1) is 0 Å². The van der Waals surface area contributed by atoms with Crippen molar-refractivity contribution in [3.05, 3.63) is 23.7 Å².